The van der Waals surface area contributed by atoms with Crippen molar-refractivity contribution in [3.8, 4) is 0 Å². The first-order valence-electron chi connectivity index (χ1n) is 9.21. The molecule has 0 atom stereocenters. The Morgan fingerprint density at radius 3 is 2.70 bits per heavy atom. The maximum Gasteiger partial charge on any atom is 0.141 e. The molecule has 3 heterocycles. The number of aromatic amines is 1. The van der Waals surface area contributed by atoms with Gasteiger partial charge in [0.15, 0.2) is 0 Å². The molecule has 138 valence electrons. The summed E-state index contributed by atoms with van der Waals surface area (Å²) in [6, 6.07) is 14.9. The number of aromatic nitrogens is 3. The molecule has 0 aliphatic carbocycles. The highest BCUT2D eigenvalue weighted by Crippen LogP contribution is 2.29. The smallest absolute Gasteiger partial charge is 0.141 e. The van der Waals surface area contributed by atoms with Crippen molar-refractivity contribution in [2.45, 2.75) is 19.3 Å². The van der Waals surface area contributed by atoms with Crippen LogP contribution in [0.5, 0.6) is 0 Å². The van der Waals surface area contributed by atoms with Crippen LogP contribution in [0.15, 0.2) is 55.0 Å². The summed E-state index contributed by atoms with van der Waals surface area (Å²) >= 11 is 0. The average molecular weight is 380 g/mol. The summed E-state index contributed by atoms with van der Waals surface area (Å²) in [4.78, 5) is 14.6. The van der Waals surface area contributed by atoms with Crippen LogP contribution in [0.25, 0.3) is 21.8 Å². The number of rotatable bonds is 3. The zero-order valence-electron chi connectivity index (χ0n) is 15.0. The van der Waals surface area contributed by atoms with Crippen molar-refractivity contribution in [2.24, 2.45) is 0 Å². The minimum absolute atomic E-state index is 0. The summed E-state index contributed by atoms with van der Waals surface area (Å²) < 4.78 is 0. The van der Waals surface area contributed by atoms with Gasteiger partial charge in [0.2, 0.25) is 0 Å². The highest BCUT2D eigenvalue weighted by Gasteiger charge is 2.13. The quantitative estimate of drug-likeness (QED) is 0.509. The normalized spacial score (nSPS) is 14.3. The van der Waals surface area contributed by atoms with Crippen LogP contribution >= 0.6 is 12.4 Å². The highest BCUT2D eigenvalue weighted by atomic mass is 35.5. The van der Waals surface area contributed by atoms with E-state index in [9.17, 15) is 0 Å². The van der Waals surface area contributed by atoms with E-state index in [2.05, 4.69) is 67.6 Å². The molecule has 0 radical (unpaired) electrons. The second kappa shape index (κ2) is 7.45. The molecule has 2 N–H and O–H groups in total. The van der Waals surface area contributed by atoms with E-state index in [1.165, 1.54) is 30.3 Å². The topological polar surface area (TPSA) is 56.8 Å². The number of hydrogen-bond donors (Lipinski definition) is 2. The van der Waals surface area contributed by atoms with Crippen molar-refractivity contribution < 1.29 is 0 Å². The predicted octanol–water partition coefficient (Wildman–Crippen LogP) is 5.27. The number of H-pyrrole nitrogens is 1. The number of benzene rings is 2. The Bertz CT molecular complexity index is 1070. The van der Waals surface area contributed by atoms with Gasteiger partial charge in [-0.05, 0) is 61.7 Å². The molecule has 1 saturated heterocycles. The maximum absolute atomic E-state index is 4.51. The van der Waals surface area contributed by atoms with Gasteiger partial charge in [0.05, 0.1) is 5.52 Å². The first-order chi connectivity index (χ1) is 12.9. The van der Waals surface area contributed by atoms with Gasteiger partial charge in [0.1, 0.15) is 12.1 Å². The number of nitrogens with zero attached hydrogens (tertiary/aromatic N) is 3. The molecule has 5 nitrogen and oxygen atoms in total. The lowest BCUT2D eigenvalue weighted by Crippen LogP contribution is -2.29. The number of hydrogen-bond acceptors (Lipinski definition) is 4. The summed E-state index contributed by atoms with van der Waals surface area (Å²) in [5.41, 5.74) is 4.39. The van der Waals surface area contributed by atoms with Crippen molar-refractivity contribution in [1.29, 1.82) is 0 Å². The molecule has 0 saturated carbocycles. The molecule has 6 heteroatoms. The predicted molar refractivity (Wildman–Crippen MR) is 114 cm³/mol. The lowest BCUT2D eigenvalue weighted by atomic mass is 10.1. The van der Waals surface area contributed by atoms with Crippen LogP contribution in [0.3, 0.4) is 0 Å². The molecule has 0 unspecified atom stereocenters. The molecule has 4 aromatic rings. The zero-order valence-corrected chi connectivity index (χ0v) is 15.8. The molecule has 1 aliphatic rings. The van der Waals surface area contributed by atoms with E-state index < -0.39 is 0 Å². The Labute approximate surface area is 164 Å². The van der Waals surface area contributed by atoms with Crippen LogP contribution in [-0.4, -0.2) is 28.0 Å². The maximum atomic E-state index is 4.51. The van der Waals surface area contributed by atoms with Gasteiger partial charge in [-0.3, -0.25) is 0 Å². The van der Waals surface area contributed by atoms with E-state index in [1.54, 1.807) is 6.33 Å². The van der Waals surface area contributed by atoms with Crippen molar-refractivity contribution >= 4 is 51.4 Å². The Balaban J connectivity index is 0.00000180. The SMILES string of the molecule is Cl.c1nc(Nc2ccc3[nH]ccc3c2)c2cc(N3CCCCC3)ccc2n1. The number of piperidine rings is 1. The van der Waals surface area contributed by atoms with E-state index in [0.29, 0.717) is 0 Å². The third-order valence-electron chi connectivity index (χ3n) is 5.16. The first-order valence-corrected chi connectivity index (χ1v) is 9.21. The number of fused-ring (bicyclic) bond motifs is 2. The minimum Gasteiger partial charge on any atom is -0.372 e. The summed E-state index contributed by atoms with van der Waals surface area (Å²) in [7, 11) is 0. The van der Waals surface area contributed by atoms with Gasteiger partial charge in [0, 0.05) is 47.0 Å². The lowest BCUT2D eigenvalue weighted by molar-refractivity contribution is 0.578. The van der Waals surface area contributed by atoms with E-state index >= 15 is 0 Å². The fourth-order valence-corrected chi connectivity index (χ4v) is 3.76. The van der Waals surface area contributed by atoms with Crippen LogP contribution in [0, 0.1) is 0 Å². The number of nitrogens with one attached hydrogen (secondary N) is 2. The lowest BCUT2D eigenvalue weighted by Gasteiger charge is -2.29. The zero-order chi connectivity index (χ0) is 17.3. The van der Waals surface area contributed by atoms with Crippen LogP contribution < -0.4 is 10.2 Å². The molecule has 0 bridgehead atoms. The molecular weight excluding hydrogens is 358 g/mol. The Kier molecular flexibility index (Phi) is 4.86. The van der Waals surface area contributed by atoms with Crippen molar-refractivity contribution in [1.82, 2.24) is 15.0 Å². The Hall–Kier alpha value is -2.79. The van der Waals surface area contributed by atoms with Crippen molar-refractivity contribution in [2.75, 3.05) is 23.3 Å². The van der Waals surface area contributed by atoms with Gasteiger partial charge in [-0.25, -0.2) is 9.97 Å². The van der Waals surface area contributed by atoms with Crippen LogP contribution in [0.2, 0.25) is 0 Å². The second-order valence-corrected chi connectivity index (χ2v) is 6.88. The van der Waals surface area contributed by atoms with E-state index in [-0.39, 0.29) is 12.4 Å². The molecule has 5 rings (SSSR count). The summed E-state index contributed by atoms with van der Waals surface area (Å²) in [5, 5.41) is 5.72. The van der Waals surface area contributed by atoms with Crippen LogP contribution in [0.1, 0.15) is 19.3 Å². The third-order valence-corrected chi connectivity index (χ3v) is 5.16. The molecule has 1 fully saturated rings. The summed E-state index contributed by atoms with van der Waals surface area (Å²) in [5.74, 6) is 0.851. The van der Waals surface area contributed by atoms with E-state index in [4.69, 9.17) is 0 Å². The van der Waals surface area contributed by atoms with Gasteiger partial charge in [-0.15, -0.1) is 12.4 Å². The molecule has 2 aromatic carbocycles. The highest BCUT2D eigenvalue weighted by molar-refractivity contribution is 5.94. The molecule has 0 spiro atoms. The second-order valence-electron chi connectivity index (χ2n) is 6.88. The average Bonchev–Trinajstić information content (AvgIpc) is 3.16. The fraction of sp³-hybridized carbons (Fsp3) is 0.238. The van der Waals surface area contributed by atoms with Gasteiger partial charge >= 0.3 is 0 Å². The van der Waals surface area contributed by atoms with Gasteiger partial charge in [0.25, 0.3) is 0 Å². The first kappa shape index (κ1) is 17.6. The largest absolute Gasteiger partial charge is 0.372 e. The van der Waals surface area contributed by atoms with Gasteiger partial charge in [-0.1, -0.05) is 0 Å². The minimum atomic E-state index is 0. The number of anilines is 3. The molecule has 2 aromatic heterocycles. The van der Waals surface area contributed by atoms with E-state index in [0.717, 1.165) is 41.0 Å². The Morgan fingerprint density at radius 2 is 1.81 bits per heavy atom. The van der Waals surface area contributed by atoms with Crippen molar-refractivity contribution in [3.05, 3.63) is 55.0 Å². The van der Waals surface area contributed by atoms with E-state index in [1.807, 2.05) is 6.20 Å². The summed E-state index contributed by atoms with van der Waals surface area (Å²) in [6.07, 6.45) is 7.46. The molecule has 1 aliphatic heterocycles. The monoisotopic (exact) mass is 379 g/mol. The van der Waals surface area contributed by atoms with Gasteiger partial charge < -0.3 is 15.2 Å². The van der Waals surface area contributed by atoms with Crippen LogP contribution in [0.4, 0.5) is 17.2 Å². The molecule has 0 amide bonds. The third kappa shape index (κ3) is 3.43. The Morgan fingerprint density at radius 1 is 0.926 bits per heavy atom. The van der Waals surface area contributed by atoms with Gasteiger partial charge in [-0.2, -0.15) is 0 Å². The molecule has 27 heavy (non-hydrogen) atoms. The standard InChI is InChI=1S/C21H21N5.ClH/c1-2-10-26(11-3-1)17-5-7-20-18(13-17)21(24-14-23-20)25-16-4-6-19-15(12-16)8-9-22-19;/h4-9,12-14,22H,1-3,10-11H2,(H,23,24,25);1H. The summed E-state index contributed by atoms with van der Waals surface area (Å²) in [6.45, 7) is 2.26. The number of halogens is 1. The fourth-order valence-electron chi connectivity index (χ4n) is 3.76. The van der Waals surface area contributed by atoms with Crippen molar-refractivity contribution in [3.63, 3.8) is 0 Å². The molecular formula is C21H22ClN5. The van der Waals surface area contributed by atoms with Crippen LogP contribution in [-0.2, 0) is 0 Å².